The molecule has 0 saturated heterocycles. The van der Waals surface area contributed by atoms with Gasteiger partial charge in [0.25, 0.3) is 11.6 Å². The number of furan rings is 1. The minimum Gasteiger partial charge on any atom is -0.451 e. The molecule has 0 aliphatic rings. The van der Waals surface area contributed by atoms with Gasteiger partial charge in [-0.3, -0.25) is 14.9 Å². The summed E-state index contributed by atoms with van der Waals surface area (Å²) >= 11 is 3.37. The van der Waals surface area contributed by atoms with Crippen LogP contribution in [0.4, 0.5) is 11.4 Å². The number of hydrogen-bond donors (Lipinski definition) is 1. The highest BCUT2D eigenvalue weighted by molar-refractivity contribution is 9.10. The zero-order valence-electron chi connectivity index (χ0n) is 13.2. The van der Waals surface area contributed by atoms with Crippen LogP contribution >= 0.6 is 15.9 Å². The number of hydrogen-bond acceptors (Lipinski definition) is 4. The summed E-state index contributed by atoms with van der Waals surface area (Å²) in [5.74, 6) is 0.328. The minimum atomic E-state index is -0.477. The first-order valence-corrected chi connectivity index (χ1v) is 8.15. The molecule has 2 aromatic carbocycles. The predicted octanol–water partition coefficient (Wildman–Crippen LogP) is 5.18. The first-order valence-electron chi connectivity index (χ1n) is 7.36. The summed E-state index contributed by atoms with van der Waals surface area (Å²) in [7, 11) is 0. The van der Waals surface area contributed by atoms with Crippen LogP contribution in [0.1, 0.15) is 16.1 Å². The quantitative estimate of drug-likeness (QED) is 0.482. The van der Waals surface area contributed by atoms with Gasteiger partial charge in [-0.1, -0.05) is 28.1 Å². The highest BCUT2D eigenvalue weighted by Crippen LogP contribution is 2.25. The first-order chi connectivity index (χ1) is 11.9. The second-order valence-electron chi connectivity index (χ2n) is 5.38. The molecule has 3 aromatic rings. The molecule has 25 heavy (non-hydrogen) atoms. The average molecular weight is 401 g/mol. The van der Waals surface area contributed by atoms with Gasteiger partial charge in [0.15, 0.2) is 5.76 Å². The number of halogens is 1. The molecule has 126 valence electrons. The number of benzene rings is 2. The Kier molecular flexibility index (Phi) is 4.67. The summed E-state index contributed by atoms with van der Waals surface area (Å²) in [5, 5.41) is 13.5. The minimum absolute atomic E-state index is 0.0222. The first kappa shape index (κ1) is 16.9. The van der Waals surface area contributed by atoms with Gasteiger partial charge in [-0.05, 0) is 42.8 Å². The van der Waals surface area contributed by atoms with E-state index in [9.17, 15) is 14.9 Å². The van der Waals surface area contributed by atoms with E-state index in [1.54, 1.807) is 19.1 Å². The van der Waals surface area contributed by atoms with Crippen molar-refractivity contribution in [2.24, 2.45) is 0 Å². The molecule has 1 aromatic heterocycles. The van der Waals surface area contributed by atoms with E-state index in [2.05, 4.69) is 21.2 Å². The largest absolute Gasteiger partial charge is 0.451 e. The maximum absolute atomic E-state index is 12.3. The summed E-state index contributed by atoms with van der Waals surface area (Å²) in [6.07, 6.45) is 0. The molecule has 0 spiro atoms. The van der Waals surface area contributed by atoms with Crippen LogP contribution in [0.15, 0.2) is 63.5 Å². The Balaban J connectivity index is 1.78. The second-order valence-corrected chi connectivity index (χ2v) is 6.30. The normalized spacial score (nSPS) is 10.5. The number of carbonyl (C=O) groups excluding carboxylic acids is 1. The van der Waals surface area contributed by atoms with Crippen LogP contribution in [0.5, 0.6) is 0 Å². The zero-order valence-corrected chi connectivity index (χ0v) is 14.7. The van der Waals surface area contributed by atoms with Crippen LogP contribution in [-0.2, 0) is 0 Å². The van der Waals surface area contributed by atoms with Crippen molar-refractivity contribution in [3.8, 4) is 11.3 Å². The number of rotatable bonds is 4. The van der Waals surface area contributed by atoms with Crippen molar-refractivity contribution in [1.82, 2.24) is 0 Å². The molecule has 6 nitrogen and oxygen atoms in total. The van der Waals surface area contributed by atoms with E-state index < -0.39 is 10.8 Å². The lowest BCUT2D eigenvalue weighted by molar-refractivity contribution is -0.384. The monoisotopic (exact) mass is 400 g/mol. The Bertz CT molecular complexity index is 948. The second kappa shape index (κ2) is 6.90. The van der Waals surface area contributed by atoms with Crippen LogP contribution in [0, 0.1) is 17.0 Å². The van der Waals surface area contributed by atoms with Gasteiger partial charge >= 0.3 is 0 Å². The van der Waals surface area contributed by atoms with Crippen molar-refractivity contribution in [2.75, 3.05) is 5.32 Å². The third-order valence-electron chi connectivity index (χ3n) is 3.63. The Morgan fingerprint density at radius 2 is 1.84 bits per heavy atom. The maximum Gasteiger partial charge on any atom is 0.291 e. The number of carbonyl (C=O) groups is 1. The molecule has 0 fully saturated rings. The molecule has 1 N–H and O–H groups in total. The number of anilines is 1. The van der Waals surface area contributed by atoms with Gasteiger partial charge < -0.3 is 9.73 Å². The number of amides is 1. The van der Waals surface area contributed by atoms with Gasteiger partial charge in [-0.15, -0.1) is 0 Å². The topological polar surface area (TPSA) is 85.4 Å². The van der Waals surface area contributed by atoms with Crippen LogP contribution in [0.2, 0.25) is 0 Å². The van der Waals surface area contributed by atoms with Crippen molar-refractivity contribution in [3.63, 3.8) is 0 Å². The van der Waals surface area contributed by atoms with Crippen LogP contribution in [0.25, 0.3) is 11.3 Å². The van der Waals surface area contributed by atoms with E-state index in [-0.39, 0.29) is 11.4 Å². The summed E-state index contributed by atoms with van der Waals surface area (Å²) in [6, 6.07) is 15.1. The molecular formula is C18H13BrN2O4. The van der Waals surface area contributed by atoms with Crippen LogP contribution in [-0.4, -0.2) is 10.8 Å². The lowest BCUT2D eigenvalue weighted by Crippen LogP contribution is -2.11. The number of nitrogens with zero attached hydrogens (tertiary/aromatic N) is 1. The molecule has 3 rings (SSSR count). The Labute approximate surface area is 151 Å². The highest BCUT2D eigenvalue weighted by Gasteiger charge is 2.15. The number of nitro benzene ring substituents is 1. The standard InChI is InChI=1S/C18H13BrN2O4/c1-11-10-14(21(23)24)6-7-15(11)20-18(22)17-9-8-16(25-17)12-2-4-13(19)5-3-12/h2-10H,1H3,(H,20,22). The van der Waals surface area contributed by atoms with E-state index in [1.807, 2.05) is 24.3 Å². The van der Waals surface area contributed by atoms with Gasteiger partial charge in [0.2, 0.25) is 0 Å². The number of aryl methyl sites for hydroxylation is 1. The molecule has 1 amide bonds. The summed E-state index contributed by atoms with van der Waals surface area (Å²) < 4.78 is 6.56. The molecular weight excluding hydrogens is 388 g/mol. The van der Waals surface area contributed by atoms with E-state index in [1.165, 1.54) is 18.2 Å². The summed E-state index contributed by atoms with van der Waals surface area (Å²) in [4.78, 5) is 22.6. The zero-order chi connectivity index (χ0) is 18.0. The maximum atomic E-state index is 12.3. The number of nitrogens with one attached hydrogen (secondary N) is 1. The SMILES string of the molecule is Cc1cc([N+](=O)[O-])ccc1NC(=O)c1ccc(-c2ccc(Br)cc2)o1. The molecule has 0 aliphatic heterocycles. The molecule has 1 heterocycles. The van der Waals surface area contributed by atoms with Crippen molar-refractivity contribution in [1.29, 1.82) is 0 Å². The van der Waals surface area contributed by atoms with E-state index in [4.69, 9.17) is 4.42 Å². The van der Waals surface area contributed by atoms with Crippen LogP contribution in [0.3, 0.4) is 0 Å². The van der Waals surface area contributed by atoms with Gasteiger partial charge in [0.05, 0.1) is 4.92 Å². The van der Waals surface area contributed by atoms with E-state index >= 15 is 0 Å². The fourth-order valence-corrected chi connectivity index (χ4v) is 2.58. The van der Waals surface area contributed by atoms with Gasteiger partial charge in [0.1, 0.15) is 5.76 Å². The number of nitro groups is 1. The third kappa shape index (κ3) is 3.77. The lowest BCUT2D eigenvalue weighted by atomic mass is 10.1. The van der Waals surface area contributed by atoms with Crippen molar-refractivity contribution < 1.29 is 14.1 Å². The van der Waals surface area contributed by atoms with Crippen LogP contribution < -0.4 is 5.32 Å². The van der Waals surface area contributed by atoms with Gasteiger partial charge in [0, 0.05) is 27.9 Å². The molecule has 0 unspecified atom stereocenters. The summed E-state index contributed by atoms with van der Waals surface area (Å²) in [6.45, 7) is 1.69. The smallest absolute Gasteiger partial charge is 0.291 e. The molecule has 0 radical (unpaired) electrons. The summed E-state index contributed by atoms with van der Waals surface area (Å²) in [5.41, 5.74) is 1.93. The van der Waals surface area contributed by atoms with E-state index in [0.717, 1.165) is 10.0 Å². The molecule has 0 atom stereocenters. The Morgan fingerprint density at radius 1 is 1.12 bits per heavy atom. The molecule has 0 aliphatic carbocycles. The Hall–Kier alpha value is -2.93. The third-order valence-corrected chi connectivity index (χ3v) is 4.16. The average Bonchev–Trinajstić information content (AvgIpc) is 3.07. The fraction of sp³-hybridized carbons (Fsp3) is 0.0556. The van der Waals surface area contributed by atoms with Gasteiger partial charge in [-0.25, -0.2) is 0 Å². The number of non-ortho nitro benzene ring substituents is 1. The molecule has 0 bridgehead atoms. The van der Waals surface area contributed by atoms with Crippen molar-refractivity contribution in [3.05, 3.63) is 80.5 Å². The van der Waals surface area contributed by atoms with E-state index in [0.29, 0.717) is 17.0 Å². The Morgan fingerprint density at radius 3 is 2.48 bits per heavy atom. The lowest BCUT2D eigenvalue weighted by Gasteiger charge is -2.06. The van der Waals surface area contributed by atoms with Crippen molar-refractivity contribution in [2.45, 2.75) is 6.92 Å². The van der Waals surface area contributed by atoms with Crippen molar-refractivity contribution >= 4 is 33.2 Å². The highest BCUT2D eigenvalue weighted by atomic mass is 79.9. The predicted molar refractivity (Wildman–Crippen MR) is 97.6 cm³/mol. The molecule has 7 heteroatoms. The fourth-order valence-electron chi connectivity index (χ4n) is 2.31. The van der Waals surface area contributed by atoms with Gasteiger partial charge in [-0.2, -0.15) is 0 Å². The molecule has 0 saturated carbocycles.